The molecule has 0 radical (unpaired) electrons. The molecule has 0 aliphatic carbocycles. The summed E-state index contributed by atoms with van der Waals surface area (Å²) >= 11 is 0. The predicted octanol–water partition coefficient (Wildman–Crippen LogP) is 2.38. The van der Waals surface area contributed by atoms with Crippen LogP contribution in [0.5, 0.6) is 0 Å². The molecule has 0 spiro atoms. The molecule has 20 heavy (non-hydrogen) atoms. The van der Waals surface area contributed by atoms with Crippen molar-refractivity contribution in [1.29, 1.82) is 0 Å². The number of hydrogen-bond acceptors (Lipinski definition) is 3. The first-order valence-corrected chi connectivity index (χ1v) is 7.17. The van der Waals surface area contributed by atoms with Gasteiger partial charge in [0, 0.05) is 44.2 Å². The summed E-state index contributed by atoms with van der Waals surface area (Å²) in [4.78, 5) is 2.50. The molecule has 0 bridgehead atoms. The van der Waals surface area contributed by atoms with Gasteiger partial charge in [0.15, 0.2) is 0 Å². The highest BCUT2D eigenvalue weighted by Crippen LogP contribution is 2.38. The van der Waals surface area contributed by atoms with Crippen molar-refractivity contribution in [2.75, 3.05) is 32.8 Å². The van der Waals surface area contributed by atoms with Crippen LogP contribution in [0.3, 0.4) is 0 Å². The molecule has 2 rings (SSSR count). The summed E-state index contributed by atoms with van der Waals surface area (Å²) in [5, 5.41) is 13.2. The fourth-order valence-electron chi connectivity index (χ4n) is 2.93. The number of nitrogens with one attached hydrogen (secondary N) is 1. The van der Waals surface area contributed by atoms with Crippen molar-refractivity contribution in [2.45, 2.75) is 26.8 Å². The van der Waals surface area contributed by atoms with Crippen LogP contribution in [0, 0.1) is 12.3 Å². The van der Waals surface area contributed by atoms with E-state index in [2.05, 4.69) is 55.3 Å². The quantitative estimate of drug-likeness (QED) is 0.896. The van der Waals surface area contributed by atoms with Gasteiger partial charge < -0.3 is 10.4 Å². The molecule has 2 N–H and O–H groups in total. The summed E-state index contributed by atoms with van der Waals surface area (Å²) in [7, 11) is 0. The number of benzene rings is 1. The third-order valence-electron chi connectivity index (χ3n) is 4.06. The van der Waals surface area contributed by atoms with Gasteiger partial charge in [-0.1, -0.05) is 43.7 Å². The Balaban J connectivity index is 0.00000200. The van der Waals surface area contributed by atoms with Gasteiger partial charge in [-0.15, -0.1) is 12.4 Å². The van der Waals surface area contributed by atoms with Gasteiger partial charge in [0.2, 0.25) is 0 Å². The largest absolute Gasteiger partial charge is 0.396 e. The van der Waals surface area contributed by atoms with Crippen LogP contribution in [0.15, 0.2) is 24.3 Å². The number of halogens is 1. The van der Waals surface area contributed by atoms with Gasteiger partial charge in [-0.05, 0) is 12.5 Å². The van der Waals surface area contributed by atoms with Gasteiger partial charge in [-0.25, -0.2) is 0 Å². The standard InChI is InChI=1S/C16H26N2O.ClH/c1-13-4-6-14(7-5-13)15(16(2,3)12-19)18-10-8-17-9-11-18;/h4-7,15,17,19H,8-12H2,1-3H3;1H/t15-;/m1./s1. The van der Waals surface area contributed by atoms with Crippen LogP contribution in [0.2, 0.25) is 0 Å². The summed E-state index contributed by atoms with van der Waals surface area (Å²) in [5.41, 5.74) is 2.46. The Bertz CT molecular complexity index is 399. The van der Waals surface area contributed by atoms with Crippen LogP contribution >= 0.6 is 12.4 Å². The monoisotopic (exact) mass is 298 g/mol. The second-order valence-corrected chi connectivity index (χ2v) is 6.25. The minimum absolute atomic E-state index is 0. The van der Waals surface area contributed by atoms with Gasteiger partial charge >= 0.3 is 0 Å². The lowest BCUT2D eigenvalue weighted by Crippen LogP contribution is -2.49. The van der Waals surface area contributed by atoms with E-state index in [1.807, 2.05) is 0 Å². The molecule has 1 aliphatic heterocycles. The Kier molecular flexibility index (Phi) is 6.46. The van der Waals surface area contributed by atoms with E-state index >= 15 is 0 Å². The summed E-state index contributed by atoms with van der Waals surface area (Å²) in [6.45, 7) is 10.8. The van der Waals surface area contributed by atoms with Crippen molar-refractivity contribution in [3.8, 4) is 0 Å². The number of aliphatic hydroxyl groups is 1. The molecule has 3 nitrogen and oxygen atoms in total. The molecule has 1 aromatic rings. The van der Waals surface area contributed by atoms with Gasteiger partial charge in [0.05, 0.1) is 0 Å². The van der Waals surface area contributed by atoms with E-state index < -0.39 is 0 Å². The number of rotatable bonds is 4. The van der Waals surface area contributed by atoms with Crippen LogP contribution in [0.4, 0.5) is 0 Å². The lowest BCUT2D eigenvalue weighted by Gasteiger charge is -2.43. The zero-order chi connectivity index (χ0) is 13.9. The highest BCUT2D eigenvalue weighted by molar-refractivity contribution is 5.85. The Labute approximate surface area is 128 Å². The second kappa shape index (κ2) is 7.41. The molecule has 114 valence electrons. The van der Waals surface area contributed by atoms with E-state index in [0.29, 0.717) is 0 Å². The molecule has 1 atom stereocenters. The van der Waals surface area contributed by atoms with Crippen molar-refractivity contribution in [2.24, 2.45) is 5.41 Å². The fraction of sp³-hybridized carbons (Fsp3) is 0.625. The summed E-state index contributed by atoms with van der Waals surface area (Å²) in [5.74, 6) is 0. The van der Waals surface area contributed by atoms with E-state index in [1.165, 1.54) is 11.1 Å². The molecular weight excluding hydrogens is 272 g/mol. The van der Waals surface area contributed by atoms with Crippen LogP contribution in [-0.2, 0) is 0 Å². The second-order valence-electron chi connectivity index (χ2n) is 6.25. The lowest BCUT2D eigenvalue weighted by atomic mass is 9.79. The third-order valence-corrected chi connectivity index (χ3v) is 4.06. The maximum absolute atomic E-state index is 9.77. The van der Waals surface area contributed by atoms with Crippen molar-refractivity contribution in [3.05, 3.63) is 35.4 Å². The molecule has 0 unspecified atom stereocenters. The first-order valence-electron chi connectivity index (χ1n) is 7.17. The number of aryl methyl sites for hydroxylation is 1. The van der Waals surface area contributed by atoms with E-state index in [-0.39, 0.29) is 30.5 Å². The van der Waals surface area contributed by atoms with Crippen molar-refractivity contribution in [3.63, 3.8) is 0 Å². The van der Waals surface area contributed by atoms with Gasteiger partial charge in [0.25, 0.3) is 0 Å². The number of aliphatic hydroxyl groups excluding tert-OH is 1. The van der Waals surface area contributed by atoms with Gasteiger partial charge in [0.1, 0.15) is 0 Å². The van der Waals surface area contributed by atoms with Crippen LogP contribution in [0.1, 0.15) is 31.0 Å². The Hall–Kier alpha value is -0.610. The average molecular weight is 299 g/mol. The molecule has 0 aromatic heterocycles. The smallest absolute Gasteiger partial charge is 0.0500 e. The summed E-state index contributed by atoms with van der Waals surface area (Å²) in [6, 6.07) is 9.02. The molecule has 1 aliphatic rings. The summed E-state index contributed by atoms with van der Waals surface area (Å²) in [6.07, 6.45) is 0. The van der Waals surface area contributed by atoms with Gasteiger partial charge in [-0.3, -0.25) is 4.90 Å². The first-order chi connectivity index (χ1) is 9.04. The first kappa shape index (κ1) is 17.4. The van der Waals surface area contributed by atoms with E-state index in [1.54, 1.807) is 0 Å². The number of nitrogens with zero attached hydrogens (tertiary/aromatic N) is 1. The van der Waals surface area contributed by atoms with Crippen molar-refractivity contribution < 1.29 is 5.11 Å². The molecule has 0 saturated carbocycles. The lowest BCUT2D eigenvalue weighted by molar-refractivity contribution is 0.0305. The van der Waals surface area contributed by atoms with Crippen LogP contribution in [0.25, 0.3) is 0 Å². The normalized spacial score (nSPS) is 18.4. The minimum Gasteiger partial charge on any atom is -0.396 e. The zero-order valence-electron chi connectivity index (χ0n) is 12.7. The van der Waals surface area contributed by atoms with E-state index in [4.69, 9.17) is 0 Å². The van der Waals surface area contributed by atoms with Gasteiger partial charge in [-0.2, -0.15) is 0 Å². The maximum Gasteiger partial charge on any atom is 0.0500 e. The van der Waals surface area contributed by atoms with E-state index in [9.17, 15) is 5.11 Å². The molecule has 1 heterocycles. The highest BCUT2D eigenvalue weighted by atomic mass is 35.5. The fourth-order valence-corrected chi connectivity index (χ4v) is 2.93. The molecular formula is C16H27ClN2O. The number of hydrogen-bond donors (Lipinski definition) is 2. The average Bonchev–Trinajstić information content (AvgIpc) is 2.42. The molecule has 1 fully saturated rings. The molecule has 0 amide bonds. The SMILES string of the molecule is Cc1ccc([C@@H](N2CCNCC2)C(C)(C)CO)cc1.Cl. The summed E-state index contributed by atoms with van der Waals surface area (Å²) < 4.78 is 0. The molecule has 1 aromatic carbocycles. The molecule has 4 heteroatoms. The van der Waals surface area contributed by atoms with E-state index in [0.717, 1.165) is 26.2 Å². The van der Waals surface area contributed by atoms with Crippen LogP contribution < -0.4 is 5.32 Å². The number of piperazine rings is 1. The predicted molar refractivity (Wildman–Crippen MR) is 86.5 cm³/mol. The van der Waals surface area contributed by atoms with Crippen molar-refractivity contribution in [1.82, 2.24) is 10.2 Å². The maximum atomic E-state index is 9.77. The Morgan fingerprint density at radius 2 is 1.75 bits per heavy atom. The topological polar surface area (TPSA) is 35.5 Å². The minimum atomic E-state index is -0.132. The Morgan fingerprint density at radius 1 is 1.20 bits per heavy atom. The van der Waals surface area contributed by atoms with Crippen molar-refractivity contribution >= 4 is 12.4 Å². The third kappa shape index (κ3) is 3.95. The molecule has 1 saturated heterocycles. The highest BCUT2D eigenvalue weighted by Gasteiger charge is 2.35. The Morgan fingerprint density at radius 3 is 2.25 bits per heavy atom. The van der Waals surface area contributed by atoms with Crippen LogP contribution in [-0.4, -0.2) is 42.8 Å². The zero-order valence-corrected chi connectivity index (χ0v) is 13.5.